The average Bonchev–Trinajstić information content (AvgIpc) is 3.21. The molecule has 1 aromatic heterocycles. The second kappa shape index (κ2) is 10.8. The van der Waals surface area contributed by atoms with E-state index in [-0.39, 0.29) is 28.2 Å². The number of rotatable bonds is 5. The number of hydrogen-bond acceptors (Lipinski definition) is 6. The van der Waals surface area contributed by atoms with Crippen LogP contribution >= 0.6 is 0 Å². The van der Waals surface area contributed by atoms with Gasteiger partial charge in [-0.3, -0.25) is 0 Å². The number of hydrogen-bond donors (Lipinski definition) is 2. The van der Waals surface area contributed by atoms with E-state index in [4.69, 9.17) is 0 Å². The summed E-state index contributed by atoms with van der Waals surface area (Å²) in [4.78, 5) is 27.6. The number of aliphatic carboxylic acids is 2. The van der Waals surface area contributed by atoms with Crippen LogP contribution in [0.1, 0.15) is 16.8 Å². The van der Waals surface area contributed by atoms with E-state index in [2.05, 4.69) is 9.97 Å². The molecule has 28 heavy (non-hydrogen) atoms. The Morgan fingerprint density at radius 3 is 1.82 bits per heavy atom. The van der Waals surface area contributed by atoms with Crippen LogP contribution in [0.15, 0.2) is 79.3 Å². The average molecular weight is 419 g/mol. The van der Waals surface area contributed by atoms with Crippen molar-refractivity contribution >= 4 is 18.0 Å². The minimum Gasteiger partial charge on any atom is -0.546 e. The predicted octanol–water partition coefficient (Wildman–Crippen LogP) is -0.157. The van der Waals surface area contributed by atoms with Crippen LogP contribution in [-0.2, 0) is 32.3 Å². The minimum atomic E-state index is -2.11. The molecular weight excluding hydrogens is 403 g/mol. The van der Waals surface area contributed by atoms with Gasteiger partial charge in [-0.25, -0.2) is 4.98 Å². The predicted molar refractivity (Wildman–Crippen MR) is 93.5 cm³/mol. The van der Waals surface area contributed by atoms with Gasteiger partial charge in [-0.2, -0.15) is 0 Å². The third-order valence-electron chi connectivity index (χ3n) is 3.59. The van der Waals surface area contributed by atoms with Crippen molar-refractivity contribution in [3.8, 4) is 0 Å². The molecule has 0 spiro atoms. The number of nitrogens with one attached hydrogen (secondary N) is 1. The van der Waals surface area contributed by atoms with Gasteiger partial charge in [0.1, 0.15) is 0 Å². The number of carbonyl (C=O) groups excluding carboxylic acids is 2. The topological polar surface area (TPSA) is 129 Å². The summed E-state index contributed by atoms with van der Waals surface area (Å²) in [5, 5.41) is 31.5. The Balaban J connectivity index is 0.000000307. The van der Waals surface area contributed by atoms with Crippen molar-refractivity contribution in [2.45, 2.75) is 5.60 Å². The molecule has 0 fully saturated rings. The van der Waals surface area contributed by atoms with Crippen molar-refractivity contribution in [3.05, 3.63) is 96.1 Å². The molecule has 2 aromatic carbocycles. The molecule has 1 radical (unpaired) electrons. The molecule has 0 aliphatic heterocycles. The van der Waals surface area contributed by atoms with Crippen LogP contribution < -0.4 is 10.2 Å². The summed E-state index contributed by atoms with van der Waals surface area (Å²) in [6.07, 6.45) is 5.33. The number of carboxylic acids is 2. The van der Waals surface area contributed by atoms with Gasteiger partial charge in [0.15, 0.2) is 5.60 Å². The quantitative estimate of drug-likeness (QED) is 0.437. The first-order valence-corrected chi connectivity index (χ1v) is 7.87. The maximum Gasteiger partial charge on any atom is 2.00 e. The summed E-state index contributed by atoms with van der Waals surface area (Å²) in [6, 6.07) is 16.4. The van der Waals surface area contributed by atoms with Crippen LogP contribution in [0, 0.1) is 0 Å². The van der Waals surface area contributed by atoms with Gasteiger partial charge < -0.3 is 29.9 Å². The molecule has 0 amide bonds. The first-order chi connectivity index (χ1) is 12.9. The first-order valence-electron chi connectivity index (χ1n) is 7.87. The first kappa shape index (κ1) is 22.8. The van der Waals surface area contributed by atoms with Gasteiger partial charge in [0, 0.05) is 6.20 Å². The van der Waals surface area contributed by atoms with Crippen LogP contribution in [0.3, 0.4) is 0 Å². The van der Waals surface area contributed by atoms with Gasteiger partial charge in [-0.1, -0.05) is 60.7 Å². The fourth-order valence-corrected chi connectivity index (χ4v) is 2.28. The Kier molecular flexibility index (Phi) is 8.84. The molecule has 3 rings (SSSR count). The van der Waals surface area contributed by atoms with E-state index in [1.807, 2.05) is 0 Å². The number of aromatic nitrogens is 2. The van der Waals surface area contributed by atoms with Gasteiger partial charge in [0.2, 0.25) is 0 Å². The van der Waals surface area contributed by atoms with E-state index < -0.39 is 17.5 Å². The molecule has 2 N–H and O–H groups in total. The molecule has 0 atom stereocenters. The summed E-state index contributed by atoms with van der Waals surface area (Å²) in [5.41, 5.74) is -0.968. The van der Waals surface area contributed by atoms with E-state index >= 15 is 0 Å². The fourth-order valence-electron chi connectivity index (χ4n) is 2.28. The van der Waals surface area contributed by atoms with Gasteiger partial charge in [0.25, 0.3) is 0 Å². The summed E-state index contributed by atoms with van der Waals surface area (Å²) in [6.45, 7) is 0. The molecule has 0 bridgehead atoms. The molecule has 3 aromatic rings. The largest absolute Gasteiger partial charge is 2.00 e. The number of H-pyrrole nitrogens is 1. The Morgan fingerprint density at radius 2 is 1.46 bits per heavy atom. The Hall–Kier alpha value is -3.19. The molecule has 7 nitrogen and oxygen atoms in total. The van der Waals surface area contributed by atoms with Crippen molar-refractivity contribution in [2.75, 3.05) is 0 Å². The third-order valence-corrected chi connectivity index (χ3v) is 3.59. The maximum absolute atomic E-state index is 11.3. The zero-order valence-corrected chi connectivity index (χ0v) is 15.7. The van der Waals surface area contributed by atoms with E-state index in [0.29, 0.717) is 5.69 Å². The van der Waals surface area contributed by atoms with E-state index in [9.17, 15) is 24.9 Å². The van der Waals surface area contributed by atoms with E-state index in [1.54, 1.807) is 66.9 Å². The van der Waals surface area contributed by atoms with Gasteiger partial charge >= 0.3 is 17.1 Å². The number of benzene rings is 2. The number of carbonyl (C=O) groups is 2. The Bertz CT molecular complexity index is 857. The van der Waals surface area contributed by atoms with Gasteiger partial charge in [0.05, 0.1) is 24.0 Å². The van der Waals surface area contributed by atoms with Gasteiger partial charge in [-0.05, 0) is 23.3 Å². The zero-order chi connectivity index (χ0) is 19.7. The SMILES string of the molecule is O=C([O-])C(O)(c1ccccc1)c1ccccc1.O=C([O-])C=Cc1c[nH]cn1.[Mn+2]. The smallest absolute Gasteiger partial charge is 0.546 e. The molecule has 0 unspecified atom stereocenters. The van der Waals surface area contributed by atoms with Crippen LogP contribution in [0.25, 0.3) is 6.08 Å². The number of aliphatic hydroxyl groups is 1. The van der Waals surface area contributed by atoms with Crippen molar-refractivity contribution in [1.82, 2.24) is 9.97 Å². The summed E-state index contributed by atoms with van der Waals surface area (Å²) in [5.74, 6) is -2.75. The van der Waals surface area contributed by atoms with Crippen molar-refractivity contribution in [3.63, 3.8) is 0 Å². The van der Waals surface area contributed by atoms with Crippen LogP contribution in [0.2, 0.25) is 0 Å². The molecule has 0 saturated heterocycles. The third kappa shape index (κ3) is 5.92. The summed E-state index contributed by atoms with van der Waals surface area (Å²) >= 11 is 0. The molecule has 0 aliphatic rings. The van der Waals surface area contributed by atoms with Crippen LogP contribution in [0.4, 0.5) is 0 Å². The fraction of sp³-hybridized carbons (Fsp3) is 0.0500. The maximum atomic E-state index is 11.3. The molecule has 8 heteroatoms. The second-order valence-electron chi connectivity index (χ2n) is 5.38. The summed E-state index contributed by atoms with van der Waals surface area (Å²) in [7, 11) is 0. The molecule has 0 saturated carbocycles. The number of nitrogens with zero attached hydrogens (tertiary/aromatic N) is 1. The van der Waals surface area contributed by atoms with Crippen molar-refractivity contribution in [1.29, 1.82) is 0 Å². The standard InChI is InChI=1S/C14H12O3.C6H6N2O2.Mn/c15-13(16)14(17,11-7-3-1-4-8-11)12-9-5-2-6-10-12;9-6(10)2-1-5-3-7-4-8-5;/h1-10,17H,(H,15,16);1-4H,(H,7,8)(H,9,10);/q;;+2/p-2. The normalized spacial score (nSPS) is 10.5. The molecule has 143 valence electrons. The Labute approximate surface area is 171 Å². The van der Waals surface area contributed by atoms with Crippen molar-refractivity contribution in [2.24, 2.45) is 0 Å². The van der Waals surface area contributed by atoms with Crippen LogP contribution in [0.5, 0.6) is 0 Å². The molecule has 0 aliphatic carbocycles. The number of carboxylic acid groups (broad SMARTS) is 2. The molecular formula is C20H16MnN2O5. The minimum absolute atomic E-state index is 0. The summed E-state index contributed by atoms with van der Waals surface area (Å²) < 4.78 is 0. The van der Waals surface area contributed by atoms with E-state index in [1.165, 1.54) is 12.4 Å². The Morgan fingerprint density at radius 1 is 0.964 bits per heavy atom. The number of imidazole rings is 1. The monoisotopic (exact) mass is 419 g/mol. The van der Waals surface area contributed by atoms with Crippen molar-refractivity contribution < 1.29 is 42.0 Å². The molecule has 1 heterocycles. The second-order valence-corrected chi connectivity index (χ2v) is 5.38. The zero-order valence-electron chi connectivity index (χ0n) is 14.5. The van der Waals surface area contributed by atoms with Gasteiger partial charge in [-0.15, -0.1) is 0 Å². The van der Waals surface area contributed by atoms with E-state index in [0.717, 1.165) is 6.08 Å². The number of aromatic amines is 1. The van der Waals surface area contributed by atoms with Crippen LogP contribution in [-0.4, -0.2) is 27.0 Å².